The van der Waals surface area contributed by atoms with Gasteiger partial charge in [0, 0.05) is 43.9 Å². The van der Waals surface area contributed by atoms with Gasteiger partial charge < -0.3 is 0 Å². The summed E-state index contributed by atoms with van der Waals surface area (Å²) < 4.78 is 0. The first kappa shape index (κ1) is 25.3. The van der Waals surface area contributed by atoms with Gasteiger partial charge in [-0.15, -0.1) is 0 Å². The third-order valence-corrected chi connectivity index (χ3v) is 5.28. The standard InChI is InChI=1S/C25H42N6/c1-9-30(18-24(4,5)6)16-22-28-14-21(15-29-22)13-25(7,8)19-31(20(2)3)17-23-26-11-10-12-27-23/h10-12,14-15,20H,9,13,16-19H2,1-8H3. The van der Waals surface area contributed by atoms with Crippen molar-refractivity contribution in [2.24, 2.45) is 10.8 Å². The summed E-state index contributed by atoms with van der Waals surface area (Å²) in [4.78, 5) is 23.0. The molecule has 0 aliphatic rings. The van der Waals surface area contributed by atoms with Gasteiger partial charge in [-0.1, -0.05) is 41.5 Å². The zero-order valence-corrected chi connectivity index (χ0v) is 20.9. The van der Waals surface area contributed by atoms with Crippen LogP contribution in [0, 0.1) is 10.8 Å². The Morgan fingerprint density at radius 1 is 0.839 bits per heavy atom. The quantitative estimate of drug-likeness (QED) is 0.523. The van der Waals surface area contributed by atoms with Crippen LogP contribution in [-0.2, 0) is 19.5 Å². The highest BCUT2D eigenvalue weighted by atomic mass is 15.2. The Morgan fingerprint density at radius 2 is 1.42 bits per heavy atom. The Balaban J connectivity index is 1.98. The second-order valence-corrected chi connectivity index (χ2v) is 10.9. The van der Waals surface area contributed by atoms with Crippen LogP contribution in [0.4, 0.5) is 0 Å². The lowest BCUT2D eigenvalue weighted by atomic mass is 9.85. The van der Waals surface area contributed by atoms with E-state index >= 15 is 0 Å². The van der Waals surface area contributed by atoms with Gasteiger partial charge >= 0.3 is 0 Å². The molecule has 31 heavy (non-hydrogen) atoms. The summed E-state index contributed by atoms with van der Waals surface area (Å²) in [5.74, 6) is 1.77. The van der Waals surface area contributed by atoms with Gasteiger partial charge in [0.25, 0.3) is 0 Å². The summed E-state index contributed by atoms with van der Waals surface area (Å²) in [6, 6.07) is 2.28. The monoisotopic (exact) mass is 426 g/mol. The molecule has 0 saturated heterocycles. The molecule has 0 saturated carbocycles. The molecule has 6 heteroatoms. The molecule has 0 N–H and O–H groups in total. The van der Waals surface area contributed by atoms with Gasteiger partial charge in [-0.3, -0.25) is 9.80 Å². The lowest BCUT2D eigenvalue weighted by Gasteiger charge is -2.35. The smallest absolute Gasteiger partial charge is 0.142 e. The van der Waals surface area contributed by atoms with E-state index in [-0.39, 0.29) is 10.8 Å². The average Bonchev–Trinajstić information content (AvgIpc) is 2.67. The highest BCUT2D eigenvalue weighted by molar-refractivity contribution is 5.08. The van der Waals surface area contributed by atoms with E-state index in [1.54, 1.807) is 0 Å². The summed E-state index contributed by atoms with van der Waals surface area (Å²) in [5.41, 5.74) is 1.55. The molecule has 0 aromatic carbocycles. The summed E-state index contributed by atoms with van der Waals surface area (Å²) in [7, 11) is 0. The first-order valence-corrected chi connectivity index (χ1v) is 11.5. The molecule has 0 spiro atoms. The number of nitrogens with zero attached hydrogens (tertiary/aromatic N) is 6. The molecule has 172 valence electrons. The van der Waals surface area contributed by atoms with Crippen LogP contribution in [0.5, 0.6) is 0 Å². The van der Waals surface area contributed by atoms with Crippen LogP contribution in [0.3, 0.4) is 0 Å². The maximum atomic E-state index is 4.68. The van der Waals surface area contributed by atoms with Crippen molar-refractivity contribution in [3.05, 3.63) is 48.1 Å². The second-order valence-electron chi connectivity index (χ2n) is 10.9. The molecule has 2 heterocycles. The van der Waals surface area contributed by atoms with Gasteiger partial charge in [0.2, 0.25) is 0 Å². The fourth-order valence-electron chi connectivity index (χ4n) is 3.88. The predicted molar refractivity (Wildman–Crippen MR) is 128 cm³/mol. The van der Waals surface area contributed by atoms with Crippen molar-refractivity contribution in [3.63, 3.8) is 0 Å². The van der Waals surface area contributed by atoms with E-state index in [2.05, 4.69) is 85.1 Å². The highest BCUT2D eigenvalue weighted by Gasteiger charge is 2.25. The molecule has 2 rings (SSSR count). The molecule has 2 aromatic heterocycles. The summed E-state index contributed by atoms with van der Waals surface area (Å²) in [6.45, 7) is 22.7. The third kappa shape index (κ3) is 9.40. The lowest BCUT2D eigenvalue weighted by molar-refractivity contribution is 0.133. The Labute approximate surface area is 189 Å². The summed E-state index contributed by atoms with van der Waals surface area (Å²) >= 11 is 0. The average molecular weight is 427 g/mol. The fourth-order valence-corrected chi connectivity index (χ4v) is 3.88. The number of rotatable bonds is 11. The molecular formula is C25H42N6. The number of aromatic nitrogens is 4. The Bertz CT molecular complexity index is 765. The van der Waals surface area contributed by atoms with Crippen molar-refractivity contribution in [3.8, 4) is 0 Å². The molecule has 0 fully saturated rings. The van der Waals surface area contributed by atoms with E-state index in [1.807, 2.05) is 30.9 Å². The van der Waals surface area contributed by atoms with Crippen LogP contribution in [-0.4, -0.2) is 55.4 Å². The zero-order chi connectivity index (χ0) is 23.1. The first-order chi connectivity index (χ1) is 14.5. The van der Waals surface area contributed by atoms with Crippen molar-refractivity contribution in [2.75, 3.05) is 19.6 Å². The molecule has 0 aliphatic heterocycles. The molecule has 0 amide bonds. The van der Waals surface area contributed by atoms with E-state index in [9.17, 15) is 0 Å². The van der Waals surface area contributed by atoms with E-state index in [1.165, 1.54) is 5.56 Å². The van der Waals surface area contributed by atoms with Crippen LogP contribution >= 0.6 is 0 Å². The summed E-state index contributed by atoms with van der Waals surface area (Å²) in [6.07, 6.45) is 8.58. The minimum absolute atomic E-state index is 0.0889. The molecule has 0 atom stereocenters. The minimum atomic E-state index is 0.0889. The first-order valence-electron chi connectivity index (χ1n) is 11.5. The Morgan fingerprint density at radius 3 is 1.94 bits per heavy atom. The van der Waals surface area contributed by atoms with Crippen molar-refractivity contribution < 1.29 is 0 Å². The Kier molecular flexibility index (Phi) is 9.07. The largest absolute Gasteiger partial charge is 0.296 e. The van der Waals surface area contributed by atoms with Crippen molar-refractivity contribution >= 4 is 0 Å². The van der Waals surface area contributed by atoms with Crippen molar-refractivity contribution in [2.45, 2.75) is 80.9 Å². The van der Waals surface area contributed by atoms with Crippen LogP contribution in [0.25, 0.3) is 0 Å². The van der Waals surface area contributed by atoms with Crippen LogP contribution in [0.2, 0.25) is 0 Å². The van der Waals surface area contributed by atoms with Gasteiger partial charge in [-0.05, 0) is 49.3 Å². The van der Waals surface area contributed by atoms with Gasteiger partial charge in [0.1, 0.15) is 11.6 Å². The Hall–Kier alpha value is -1.92. The molecule has 2 aromatic rings. The summed E-state index contributed by atoms with van der Waals surface area (Å²) in [5, 5.41) is 0. The molecule has 0 bridgehead atoms. The van der Waals surface area contributed by atoms with Gasteiger partial charge in [0.05, 0.1) is 13.1 Å². The maximum absolute atomic E-state index is 4.68. The SMILES string of the molecule is CCN(Cc1ncc(CC(C)(C)CN(Cc2ncccn2)C(C)C)cn1)CC(C)(C)C. The van der Waals surface area contributed by atoms with Crippen LogP contribution < -0.4 is 0 Å². The van der Waals surface area contributed by atoms with Crippen molar-refractivity contribution in [1.82, 2.24) is 29.7 Å². The molecule has 0 radical (unpaired) electrons. The van der Waals surface area contributed by atoms with Gasteiger partial charge in [-0.2, -0.15) is 0 Å². The molecule has 6 nitrogen and oxygen atoms in total. The molecule has 0 unspecified atom stereocenters. The molecular weight excluding hydrogens is 384 g/mol. The zero-order valence-electron chi connectivity index (χ0n) is 20.9. The van der Waals surface area contributed by atoms with E-state index in [0.29, 0.717) is 6.04 Å². The number of hydrogen-bond acceptors (Lipinski definition) is 6. The van der Waals surface area contributed by atoms with Crippen LogP contribution in [0.15, 0.2) is 30.9 Å². The predicted octanol–water partition coefficient (Wildman–Crippen LogP) is 4.61. The molecule has 0 aliphatic carbocycles. The van der Waals surface area contributed by atoms with E-state index < -0.39 is 0 Å². The fraction of sp³-hybridized carbons (Fsp3) is 0.680. The normalized spacial score (nSPS) is 12.9. The van der Waals surface area contributed by atoms with E-state index in [0.717, 1.165) is 50.8 Å². The van der Waals surface area contributed by atoms with Crippen molar-refractivity contribution in [1.29, 1.82) is 0 Å². The second kappa shape index (κ2) is 11.1. The third-order valence-electron chi connectivity index (χ3n) is 5.28. The minimum Gasteiger partial charge on any atom is -0.296 e. The maximum Gasteiger partial charge on any atom is 0.142 e. The number of hydrogen-bond donors (Lipinski definition) is 0. The topological polar surface area (TPSA) is 58.0 Å². The van der Waals surface area contributed by atoms with Gasteiger partial charge in [-0.25, -0.2) is 19.9 Å². The van der Waals surface area contributed by atoms with Gasteiger partial charge in [0.15, 0.2) is 0 Å². The van der Waals surface area contributed by atoms with Crippen LogP contribution in [0.1, 0.15) is 72.6 Å². The van der Waals surface area contributed by atoms with E-state index in [4.69, 9.17) is 0 Å². The lowest BCUT2D eigenvalue weighted by Crippen LogP contribution is -2.39. The highest BCUT2D eigenvalue weighted by Crippen LogP contribution is 2.25.